The second-order valence-corrected chi connectivity index (χ2v) is 3.55. The smallest absolute Gasteiger partial charge is 0.128 e. The summed E-state index contributed by atoms with van der Waals surface area (Å²) in [5.74, 6) is 0.00713. The van der Waals surface area contributed by atoms with Gasteiger partial charge in [0.25, 0.3) is 0 Å². The quantitative estimate of drug-likeness (QED) is 0.762. The van der Waals surface area contributed by atoms with Crippen LogP contribution in [0.5, 0.6) is 0 Å². The van der Waals surface area contributed by atoms with Gasteiger partial charge in [-0.1, -0.05) is 38.1 Å². The monoisotopic (exact) mass is 181 g/mol. The van der Waals surface area contributed by atoms with Crippen LogP contribution in [0.4, 0.5) is 4.39 Å². The second kappa shape index (κ2) is 4.38. The Hall–Kier alpha value is -0.890. The maximum absolute atomic E-state index is 13.6. The van der Waals surface area contributed by atoms with Gasteiger partial charge in [-0.05, 0) is 17.0 Å². The SMILES string of the molecule is CC(C)C(F)c1ccccc1CN. The van der Waals surface area contributed by atoms with Crippen LogP contribution in [0.1, 0.15) is 31.1 Å². The molecule has 0 heterocycles. The van der Waals surface area contributed by atoms with E-state index >= 15 is 0 Å². The summed E-state index contributed by atoms with van der Waals surface area (Å²) in [4.78, 5) is 0. The largest absolute Gasteiger partial charge is 0.326 e. The third kappa shape index (κ3) is 2.28. The highest BCUT2D eigenvalue weighted by Gasteiger charge is 2.16. The van der Waals surface area contributed by atoms with Crippen molar-refractivity contribution in [2.45, 2.75) is 26.6 Å². The van der Waals surface area contributed by atoms with Gasteiger partial charge in [0.1, 0.15) is 6.17 Å². The average molecular weight is 181 g/mol. The lowest BCUT2D eigenvalue weighted by atomic mass is 9.96. The summed E-state index contributed by atoms with van der Waals surface area (Å²) in [6.45, 7) is 4.15. The molecule has 0 radical (unpaired) electrons. The van der Waals surface area contributed by atoms with E-state index in [9.17, 15) is 4.39 Å². The first-order chi connectivity index (χ1) is 6.16. The summed E-state index contributed by atoms with van der Waals surface area (Å²) in [6, 6.07) is 7.43. The highest BCUT2D eigenvalue weighted by molar-refractivity contribution is 5.29. The Morgan fingerprint density at radius 3 is 2.46 bits per heavy atom. The van der Waals surface area contributed by atoms with Crippen molar-refractivity contribution in [3.8, 4) is 0 Å². The molecule has 1 nitrogen and oxygen atoms in total. The van der Waals surface area contributed by atoms with E-state index in [0.29, 0.717) is 6.54 Å². The standard InChI is InChI=1S/C11H16FN/c1-8(2)11(12)10-6-4-3-5-9(10)7-13/h3-6,8,11H,7,13H2,1-2H3. The molecule has 0 saturated heterocycles. The molecule has 2 N–H and O–H groups in total. The van der Waals surface area contributed by atoms with Gasteiger partial charge in [0.15, 0.2) is 0 Å². The molecule has 2 heteroatoms. The summed E-state index contributed by atoms with van der Waals surface area (Å²) >= 11 is 0. The molecular weight excluding hydrogens is 165 g/mol. The number of hydrogen-bond acceptors (Lipinski definition) is 1. The second-order valence-electron chi connectivity index (χ2n) is 3.55. The summed E-state index contributed by atoms with van der Waals surface area (Å²) < 4.78 is 13.6. The van der Waals surface area contributed by atoms with Gasteiger partial charge >= 0.3 is 0 Å². The molecule has 1 atom stereocenters. The van der Waals surface area contributed by atoms with Gasteiger partial charge in [0.05, 0.1) is 0 Å². The fourth-order valence-electron chi connectivity index (χ4n) is 1.35. The van der Waals surface area contributed by atoms with Crippen LogP contribution in [0, 0.1) is 5.92 Å². The van der Waals surface area contributed by atoms with Crippen molar-refractivity contribution in [1.29, 1.82) is 0 Å². The van der Waals surface area contributed by atoms with E-state index in [1.54, 1.807) is 0 Å². The highest BCUT2D eigenvalue weighted by Crippen LogP contribution is 2.28. The first-order valence-electron chi connectivity index (χ1n) is 4.58. The van der Waals surface area contributed by atoms with Crippen LogP contribution in [0.15, 0.2) is 24.3 Å². The van der Waals surface area contributed by atoms with Crippen molar-refractivity contribution in [3.63, 3.8) is 0 Å². The van der Waals surface area contributed by atoms with E-state index in [-0.39, 0.29) is 5.92 Å². The van der Waals surface area contributed by atoms with Gasteiger partial charge in [-0.25, -0.2) is 4.39 Å². The van der Waals surface area contributed by atoms with Gasteiger partial charge in [0, 0.05) is 6.54 Å². The van der Waals surface area contributed by atoms with Gasteiger partial charge in [-0.15, -0.1) is 0 Å². The molecule has 72 valence electrons. The molecule has 0 aliphatic carbocycles. The zero-order chi connectivity index (χ0) is 9.84. The number of benzene rings is 1. The molecule has 0 saturated carbocycles. The van der Waals surface area contributed by atoms with Crippen LogP contribution in [-0.2, 0) is 6.54 Å². The van der Waals surface area contributed by atoms with Crippen molar-refractivity contribution in [2.24, 2.45) is 11.7 Å². The van der Waals surface area contributed by atoms with Crippen LogP contribution in [0.2, 0.25) is 0 Å². The Bertz CT molecular complexity index is 271. The summed E-state index contributed by atoms with van der Waals surface area (Å²) in [5.41, 5.74) is 7.16. The molecule has 1 aromatic carbocycles. The zero-order valence-electron chi connectivity index (χ0n) is 8.13. The Morgan fingerprint density at radius 2 is 1.92 bits per heavy atom. The van der Waals surface area contributed by atoms with E-state index in [4.69, 9.17) is 5.73 Å². The molecule has 0 aromatic heterocycles. The molecule has 1 rings (SSSR count). The minimum atomic E-state index is -0.903. The minimum Gasteiger partial charge on any atom is -0.326 e. The number of nitrogens with two attached hydrogens (primary N) is 1. The Kier molecular flexibility index (Phi) is 3.43. The van der Waals surface area contributed by atoms with Gasteiger partial charge in [0.2, 0.25) is 0 Å². The maximum Gasteiger partial charge on any atom is 0.128 e. The molecule has 1 unspecified atom stereocenters. The first-order valence-corrected chi connectivity index (χ1v) is 4.58. The van der Waals surface area contributed by atoms with Crippen LogP contribution in [-0.4, -0.2) is 0 Å². The van der Waals surface area contributed by atoms with Gasteiger partial charge < -0.3 is 5.73 Å². The van der Waals surface area contributed by atoms with Crippen LogP contribution >= 0.6 is 0 Å². The summed E-state index contributed by atoms with van der Waals surface area (Å²) in [6.07, 6.45) is -0.903. The molecular formula is C11H16FN. The predicted molar refractivity (Wildman–Crippen MR) is 53.0 cm³/mol. The van der Waals surface area contributed by atoms with E-state index in [1.807, 2.05) is 38.1 Å². The fraction of sp³-hybridized carbons (Fsp3) is 0.455. The maximum atomic E-state index is 13.6. The third-order valence-corrected chi connectivity index (χ3v) is 2.16. The molecule has 0 aliphatic rings. The minimum absolute atomic E-state index is 0.00713. The van der Waals surface area contributed by atoms with Gasteiger partial charge in [-0.3, -0.25) is 0 Å². The number of hydrogen-bond donors (Lipinski definition) is 1. The molecule has 0 aliphatic heterocycles. The summed E-state index contributed by atoms with van der Waals surface area (Å²) in [7, 11) is 0. The Balaban J connectivity index is 2.98. The van der Waals surface area contributed by atoms with Crippen molar-refractivity contribution >= 4 is 0 Å². The van der Waals surface area contributed by atoms with Crippen LogP contribution in [0.25, 0.3) is 0 Å². The van der Waals surface area contributed by atoms with E-state index in [0.717, 1.165) is 11.1 Å². The van der Waals surface area contributed by atoms with E-state index in [1.165, 1.54) is 0 Å². The molecule has 13 heavy (non-hydrogen) atoms. The Labute approximate surface area is 78.8 Å². The number of rotatable bonds is 3. The van der Waals surface area contributed by atoms with Crippen molar-refractivity contribution in [2.75, 3.05) is 0 Å². The van der Waals surface area contributed by atoms with E-state index < -0.39 is 6.17 Å². The van der Waals surface area contributed by atoms with Crippen molar-refractivity contribution < 1.29 is 4.39 Å². The topological polar surface area (TPSA) is 26.0 Å². The molecule has 1 aromatic rings. The fourth-order valence-corrected chi connectivity index (χ4v) is 1.35. The first kappa shape index (κ1) is 10.2. The van der Waals surface area contributed by atoms with Gasteiger partial charge in [-0.2, -0.15) is 0 Å². The van der Waals surface area contributed by atoms with Crippen LogP contribution in [0.3, 0.4) is 0 Å². The molecule has 0 bridgehead atoms. The lowest BCUT2D eigenvalue weighted by Crippen LogP contribution is -2.07. The average Bonchev–Trinajstić information content (AvgIpc) is 2.16. The van der Waals surface area contributed by atoms with Crippen molar-refractivity contribution in [3.05, 3.63) is 35.4 Å². The Morgan fingerprint density at radius 1 is 1.31 bits per heavy atom. The molecule has 0 spiro atoms. The van der Waals surface area contributed by atoms with Crippen molar-refractivity contribution in [1.82, 2.24) is 0 Å². The molecule has 0 amide bonds. The number of alkyl halides is 1. The summed E-state index contributed by atoms with van der Waals surface area (Å²) in [5, 5.41) is 0. The zero-order valence-corrected chi connectivity index (χ0v) is 8.13. The lowest BCUT2D eigenvalue weighted by molar-refractivity contribution is 0.260. The van der Waals surface area contributed by atoms with Crippen LogP contribution < -0.4 is 5.73 Å². The highest BCUT2D eigenvalue weighted by atomic mass is 19.1. The van der Waals surface area contributed by atoms with E-state index in [2.05, 4.69) is 0 Å². The molecule has 0 fully saturated rings. The lowest BCUT2D eigenvalue weighted by Gasteiger charge is -2.15. The normalized spacial score (nSPS) is 13.3. The number of halogens is 1. The third-order valence-electron chi connectivity index (χ3n) is 2.16. The predicted octanol–water partition coefficient (Wildman–Crippen LogP) is 2.81.